The highest BCUT2D eigenvalue weighted by molar-refractivity contribution is 5.82. The number of nitrogens with zero attached hydrogens (tertiary/aromatic N) is 1. The lowest BCUT2D eigenvalue weighted by atomic mass is 10.0. The van der Waals surface area contributed by atoms with Gasteiger partial charge in [-0.2, -0.15) is 0 Å². The number of aromatic nitrogens is 1. The second-order valence-corrected chi connectivity index (χ2v) is 3.93. The van der Waals surface area contributed by atoms with E-state index in [1.165, 1.54) is 0 Å². The van der Waals surface area contributed by atoms with Crippen LogP contribution in [0.1, 0.15) is 11.3 Å². The Balaban J connectivity index is 2.55. The van der Waals surface area contributed by atoms with E-state index in [1.807, 2.05) is 12.1 Å². The number of aliphatic carboxylic acids is 2. The molecule has 0 fully saturated rings. The van der Waals surface area contributed by atoms with Gasteiger partial charge in [0.1, 0.15) is 0 Å². The molecule has 92 valence electrons. The molecule has 0 bridgehead atoms. The summed E-state index contributed by atoms with van der Waals surface area (Å²) in [5, 5.41) is 18.4. The van der Waals surface area contributed by atoms with Gasteiger partial charge in [0.2, 0.25) is 0 Å². The van der Waals surface area contributed by atoms with Crippen molar-refractivity contribution in [2.24, 2.45) is 0 Å². The number of para-hydroxylation sites is 1. The van der Waals surface area contributed by atoms with Crippen molar-refractivity contribution in [3.8, 4) is 0 Å². The minimum Gasteiger partial charge on any atom is -0.481 e. The van der Waals surface area contributed by atoms with E-state index in [9.17, 15) is 9.59 Å². The molecule has 0 amide bonds. The standard InChI is InChI=1S/C13H11NO4/c15-12(16)6-9-5-8-3-1-2-4-10(8)14-11(9)7-13(17)18/h1-5H,6-7H2,(H,15,16)(H,17,18). The lowest BCUT2D eigenvalue weighted by Crippen LogP contribution is -2.10. The van der Waals surface area contributed by atoms with Crippen LogP contribution in [0.4, 0.5) is 0 Å². The van der Waals surface area contributed by atoms with E-state index in [0.29, 0.717) is 16.8 Å². The number of benzene rings is 1. The average molecular weight is 245 g/mol. The fourth-order valence-electron chi connectivity index (χ4n) is 1.81. The van der Waals surface area contributed by atoms with Gasteiger partial charge in [-0.25, -0.2) is 0 Å². The summed E-state index contributed by atoms with van der Waals surface area (Å²) in [6, 6.07) is 8.90. The van der Waals surface area contributed by atoms with Crippen LogP contribution in [0, 0.1) is 0 Å². The average Bonchev–Trinajstić information content (AvgIpc) is 2.28. The zero-order chi connectivity index (χ0) is 13.1. The SMILES string of the molecule is O=C(O)Cc1cc2ccccc2nc1CC(=O)O. The predicted molar refractivity (Wildman–Crippen MR) is 64.4 cm³/mol. The van der Waals surface area contributed by atoms with E-state index >= 15 is 0 Å². The summed E-state index contributed by atoms with van der Waals surface area (Å²) in [6.07, 6.45) is -0.492. The maximum atomic E-state index is 10.8. The van der Waals surface area contributed by atoms with Gasteiger partial charge in [0.05, 0.1) is 24.1 Å². The van der Waals surface area contributed by atoms with Crippen molar-refractivity contribution < 1.29 is 19.8 Å². The lowest BCUT2D eigenvalue weighted by molar-refractivity contribution is -0.137. The van der Waals surface area contributed by atoms with Crippen molar-refractivity contribution >= 4 is 22.8 Å². The molecule has 0 atom stereocenters. The highest BCUT2D eigenvalue weighted by Crippen LogP contribution is 2.18. The normalized spacial score (nSPS) is 10.4. The molecule has 2 aromatic rings. The Morgan fingerprint density at radius 1 is 1.06 bits per heavy atom. The highest BCUT2D eigenvalue weighted by atomic mass is 16.4. The minimum absolute atomic E-state index is 0.222. The Morgan fingerprint density at radius 2 is 1.72 bits per heavy atom. The molecule has 18 heavy (non-hydrogen) atoms. The van der Waals surface area contributed by atoms with Gasteiger partial charge >= 0.3 is 11.9 Å². The van der Waals surface area contributed by atoms with Crippen molar-refractivity contribution in [2.45, 2.75) is 12.8 Å². The Kier molecular flexibility index (Phi) is 3.23. The van der Waals surface area contributed by atoms with Gasteiger partial charge in [0.15, 0.2) is 0 Å². The molecule has 0 unspecified atom stereocenters. The summed E-state index contributed by atoms with van der Waals surface area (Å²) in [7, 11) is 0. The molecule has 1 heterocycles. The van der Waals surface area contributed by atoms with Crippen LogP contribution < -0.4 is 0 Å². The van der Waals surface area contributed by atoms with Crippen LogP contribution in [0.25, 0.3) is 10.9 Å². The molecule has 2 rings (SSSR count). The van der Waals surface area contributed by atoms with E-state index < -0.39 is 11.9 Å². The van der Waals surface area contributed by atoms with Gasteiger partial charge in [-0.1, -0.05) is 18.2 Å². The second-order valence-electron chi connectivity index (χ2n) is 3.93. The van der Waals surface area contributed by atoms with E-state index in [-0.39, 0.29) is 12.8 Å². The molecule has 0 spiro atoms. The number of hydrogen-bond donors (Lipinski definition) is 2. The molecule has 5 heteroatoms. The fraction of sp³-hybridized carbons (Fsp3) is 0.154. The molecule has 0 aliphatic rings. The predicted octanol–water partition coefficient (Wildman–Crippen LogP) is 1.49. The van der Waals surface area contributed by atoms with Gasteiger partial charge in [0.25, 0.3) is 0 Å². The van der Waals surface area contributed by atoms with Gasteiger partial charge in [-0.3, -0.25) is 14.6 Å². The maximum absolute atomic E-state index is 10.8. The van der Waals surface area contributed by atoms with Gasteiger partial charge in [-0.15, -0.1) is 0 Å². The number of pyridine rings is 1. The summed E-state index contributed by atoms with van der Waals surface area (Å²) < 4.78 is 0. The summed E-state index contributed by atoms with van der Waals surface area (Å²) >= 11 is 0. The molecular weight excluding hydrogens is 234 g/mol. The summed E-state index contributed by atoms with van der Waals surface area (Å²) in [5.41, 5.74) is 1.43. The van der Waals surface area contributed by atoms with E-state index in [1.54, 1.807) is 18.2 Å². The topological polar surface area (TPSA) is 87.5 Å². The van der Waals surface area contributed by atoms with Crippen LogP contribution in [0.2, 0.25) is 0 Å². The number of fused-ring (bicyclic) bond motifs is 1. The number of carbonyl (C=O) groups is 2. The smallest absolute Gasteiger partial charge is 0.309 e. The Labute approximate surface area is 103 Å². The fourth-order valence-corrected chi connectivity index (χ4v) is 1.81. The van der Waals surface area contributed by atoms with E-state index in [2.05, 4.69) is 4.98 Å². The maximum Gasteiger partial charge on any atom is 0.309 e. The first-order valence-corrected chi connectivity index (χ1v) is 5.37. The van der Waals surface area contributed by atoms with Crippen molar-refractivity contribution in [3.63, 3.8) is 0 Å². The Hall–Kier alpha value is -2.43. The molecule has 0 saturated heterocycles. The molecule has 0 aliphatic carbocycles. The molecule has 1 aromatic heterocycles. The first-order chi connectivity index (χ1) is 8.56. The van der Waals surface area contributed by atoms with Crippen molar-refractivity contribution in [1.29, 1.82) is 0 Å². The van der Waals surface area contributed by atoms with Crippen LogP contribution in [-0.2, 0) is 22.4 Å². The first-order valence-electron chi connectivity index (χ1n) is 5.37. The van der Waals surface area contributed by atoms with Crippen LogP contribution >= 0.6 is 0 Å². The Bertz CT molecular complexity index is 567. The number of rotatable bonds is 4. The summed E-state index contributed by atoms with van der Waals surface area (Å²) in [5.74, 6) is -2.02. The van der Waals surface area contributed by atoms with Crippen LogP contribution in [-0.4, -0.2) is 27.1 Å². The Morgan fingerprint density at radius 3 is 2.39 bits per heavy atom. The van der Waals surface area contributed by atoms with Crippen molar-refractivity contribution in [3.05, 3.63) is 41.6 Å². The zero-order valence-electron chi connectivity index (χ0n) is 9.46. The van der Waals surface area contributed by atoms with Crippen molar-refractivity contribution in [1.82, 2.24) is 4.98 Å². The lowest BCUT2D eigenvalue weighted by Gasteiger charge is -2.07. The first kappa shape index (κ1) is 12.0. The third-order valence-electron chi connectivity index (χ3n) is 2.55. The number of carboxylic acid groups (broad SMARTS) is 2. The number of carboxylic acids is 2. The van der Waals surface area contributed by atoms with Crippen LogP contribution in [0.15, 0.2) is 30.3 Å². The van der Waals surface area contributed by atoms with E-state index in [4.69, 9.17) is 10.2 Å². The van der Waals surface area contributed by atoms with Gasteiger partial charge < -0.3 is 10.2 Å². The van der Waals surface area contributed by atoms with Crippen molar-refractivity contribution in [2.75, 3.05) is 0 Å². The monoisotopic (exact) mass is 245 g/mol. The highest BCUT2D eigenvalue weighted by Gasteiger charge is 2.12. The molecule has 0 aliphatic heterocycles. The van der Waals surface area contributed by atoms with Gasteiger partial charge in [-0.05, 0) is 17.7 Å². The molecule has 2 N–H and O–H groups in total. The summed E-state index contributed by atoms with van der Waals surface area (Å²) in [4.78, 5) is 25.7. The summed E-state index contributed by atoms with van der Waals surface area (Å²) in [6.45, 7) is 0. The third kappa shape index (κ3) is 2.63. The molecule has 0 radical (unpaired) electrons. The molecule has 1 aromatic carbocycles. The number of hydrogen-bond acceptors (Lipinski definition) is 3. The molecular formula is C13H11NO4. The molecule has 5 nitrogen and oxygen atoms in total. The van der Waals surface area contributed by atoms with Gasteiger partial charge in [0, 0.05) is 5.39 Å². The van der Waals surface area contributed by atoms with E-state index in [0.717, 1.165) is 5.39 Å². The third-order valence-corrected chi connectivity index (χ3v) is 2.55. The van der Waals surface area contributed by atoms with Crippen LogP contribution in [0.5, 0.6) is 0 Å². The molecule has 0 saturated carbocycles. The second kappa shape index (κ2) is 4.83. The zero-order valence-corrected chi connectivity index (χ0v) is 9.46. The minimum atomic E-state index is -1.02. The van der Waals surface area contributed by atoms with Crippen LogP contribution in [0.3, 0.4) is 0 Å². The largest absolute Gasteiger partial charge is 0.481 e. The quantitative estimate of drug-likeness (QED) is 0.852.